The maximum absolute atomic E-state index is 11.6. The molecule has 2 rings (SSSR count). The Morgan fingerprint density at radius 2 is 2.00 bits per heavy atom. The minimum absolute atomic E-state index is 0.227. The molecule has 0 aromatic rings. The number of likely N-dealkylation sites (tertiary alicyclic amines) is 2. The van der Waals surface area contributed by atoms with Gasteiger partial charge in [-0.05, 0) is 25.8 Å². The van der Waals surface area contributed by atoms with E-state index in [9.17, 15) is 4.79 Å². The Balaban J connectivity index is 1.80. The van der Waals surface area contributed by atoms with Gasteiger partial charge in [0.25, 0.3) is 0 Å². The van der Waals surface area contributed by atoms with E-state index in [2.05, 4.69) is 11.0 Å². The van der Waals surface area contributed by atoms with Crippen LogP contribution in [-0.2, 0) is 4.79 Å². The van der Waals surface area contributed by atoms with E-state index >= 15 is 0 Å². The number of rotatable bonds is 2. The summed E-state index contributed by atoms with van der Waals surface area (Å²) in [6, 6.07) is 2.95. The number of carbonyl (C=O) groups is 1. The van der Waals surface area contributed by atoms with Gasteiger partial charge in [0.15, 0.2) is 0 Å². The molecule has 1 atom stereocenters. The van der Waals surface area contributed by atoms with Crippen molar-refractivity contribution >= 4 is 5.91 Å². The summed E-state index contributed by atoms with van der Waals surface area (Å²) >= 11 is 0. The zero-order valence-electron chi connectivity index (χ0n) is 10.6. The predicted molar refractivity (Wildman–Crippen MR) is 65.2 cm³/mol. The van der Waals surface area contributed by atoms with Crippen LogP contribution in [0.25, 0.3) is 0 Å². The molecule has 2 fully saturated rings. The zero-order valence-corrected chi connectivity index (χ0v) is 10.6. The van der Waals surface area contributed by atoms with Crippen LogP contribution in [0.2, 0.25) is 0 Å². The summed E-state index contributed by atoms with van der Waals surface area (Å²) in [5, 5.41) is 8.90. The molecule has 2 aliphatic rings. The highest BCUT2D eigenvalue weighted by molar-refractivity contribution is 5.75. The number of hydrogen-bond acceptors (Lipinski definition) is 3. The molecule has 1 unspecified atom stereocenters. The second kappa shape index (κ2) is 5.50. The summed E-state index contributed by atoms with van der Waals surface area (Å²) in [4.78, 5) is 16.0. The van der Waals surface area contributed by atoms with E-state index in [1.165, 1.54) is 0 Å². The van der Waals surface area contributed by atoms with Crippen LogP contribution in [-0.4, -0.2) is 47.9 Å². The van der Waals surface area contributed by atoms with E-state index in [1.807, 2.05) is 11.8 Å². The lowest BCUT2D eigenvalue weighted by Gasteiger charge is -2.36. The molecule has 4 nitrogen and oxygen atoms in total. The zero-order chi connectivity index (χ0) is 12.3. The van der Waals surface area contributed by atoms with Crippen LogP contribution in [0.4, 0.5) is 0 Å². The molecule has 0 aromatic carbocycles. The highest BCUT2D eigenvalue weighted by Crippen LogP contribution is 2.24. The van der Waals surface area contributed by atoms with E-state index in [0.29, 0.717) is 12.5 Å². The Bertz CT molecular complexity index is 315. The van der Waals surface area contributed by atoms with Gasteiger partial charge >= 0.3 is 0 Å². The Morgan fingerprint density at radius 1 is 1.29 bits per heavy atom. The Labute approximate surface area is 103 Å². The molecule has 0 radical (unpaired) electrons. The normalized spacial score (nSPS) is 27.1. The number of nitrogens with zero attached hydrogens (tertiary/aromatic N) is 3. The molecular weight excluding hydrogens is 214 g/mol. The molecule has 0 bridgehead atoms. The Morgan fingerprint density at radius 3 is 2.53 bits per heavy atom. The average molecular weight is 235 g/mol. The van der Waals surface area contributed by atoms with Crippen molar-refractivity contribution in [3.8, 4) is 6.07 Å². The van der Waals surface area contributed by atoms with Crippen LogP contribution < -0.4 is 0 Å². The van der Waals surface area contributed by atoms with E-state index in [4.69, 9.17) is 5.26 Å². The van der Waals surface area contributed by atoms with Crippen molar-refractivity contribution in [2.75, 3.05) is 26.2 Å². The number of carbonyl (C=O) groups excluding carboxylic acids is 1. The predicted octanol–water partition coefficient (Wildman–Crippen LogP) is 1.23. The molecule has 4 heteroatoms. The lowest BCUT2D eigenvalue weighted by atomic mass is 10.0. The number of amides is 1. The number of piperidine rings is 1. The van der Waals surface area contributed by atoms with E-state index in [-0.39, 0.29) is 11.8 Å². The monoisotopic (exact) mass is 235 g/mol. The molecule has 0 aliphatic carbocycles. The van der Waals surface area contributed by atoms with E-state index < -0.39 is 0 Å². The Kier molecular flexibility index (Phi) is 4.01. The van der Waals surface area contributed by atoms with Crippen molar-refractivity contribution in [1.82, 2.24) is 9.80 Å². The molecule has 2 heterocycles. The summed E-state index contributed by atoms with van der Waals surface area (Å²) in [5.41, 5.74) is 0. The fraction of sp³-hybridized carbons (Fsp3) is 0.846. The third kappa shape index (κ3) is 2.78. The van der Waals surface area contributed by atoms with Crippen LogP contribution in [0.1, 0.15) is 32.6 Å². The smallest absolute Gasteiger partial charge is 0.222 e. The van der Waals surface area contributed by atoms with Crippen molar-refractivity contribution in [2.45, 2.75) is 38.6 Å². The molecule has 94 valence electrons. The van der Waals surface area contributed by atoms with Crippen molar-refractivity contribution in [1.29, 1.82) is 5.26 Å². The lowest BCUT2D eigenvalue weighted by molar-refractivity contribution is -0.132. The molecule has 1 amide bonds. The van der Waals surface area contributed by atoms with Gasteiger partial charge in [-0.1, -0.05) is 6.92 Å². The molecule has 2 saturated heterocycles. The quantitative estimate of drug-likeness (QED) is 0.723. The largest absolute Gasteiger partial charge is 0.343 e. The van der Waals surface area contributed by atoms with Gasteiger partial charge in [0.2, 0.25) is 5.91 Å². The van der Waals surface area contributed by atoms with Crippen molar-refractivity contribution < 1.29 is 4.79 Å². The van der Waals surface area contributed by atoms with Gasteiger partial charge in [0, 0.05) is 32.1 Å². The topological polar surface area (TPSA) is 47.3 Å². The average Bonchev–Trinajstić information content (AvgIpc) is 2.87. The first-order valence-corrected chi connectivity index (χ1v) is 6.66. The summed E-state index contributed by atoms with van der Waals surface area (Å²) in [7, 11) is 0. The maximum Gasteiger partial charge on any atom is 0.222 e. The summed E-state index contributed by atoms with van der Waals surface area (Å²) < 4.78 is 0. The van der Waals surface area contributed by atoms with Gasteiger partial charge < -0.3 is 4.90 Å². The number of hydrogen-bond donors (Lipinski definition) is 0. The minimum Gasteiger partial charge on any atom is -0.343 e. The third-order valence-electron chi connectivity index (χ3n) is 4.04. The van der Waals surface area contributed by atoms with Crippen LogP contribution in [0, 0.1) is 17.2 Å². The minimum atomic E-state index is 0.227. The van der Waals surface area contributed by atoms with Crippen molar-refractivity contribution in [3.63, 3.8) is 0 Å². The number of nitriles is 1. The van der Waals surface area contributed by atoms with Gasteiger partial charge in [-0.15, -0.1) is 0 Å². The van der Waals surface area contributed by atoms with Gasteiger partial charge in [-0.2, -0.15) is 5.26 Å². The highest BCUT2D eigenvalue weighted by Gasteiger charge is 2.31. The van der Waals surface area contributed by atoms with Crippen LogP contribution in [0.15, 0.2) is 0 Å². The SMILES string of the molecule is CCC(=O)N1CCC(N2CCC(C#N)C2)CC1. The standard InChI is InChI=1S/C13H21N3O/c1-2-13(17)15-7-4-12(5-8-15)16-6-3-11(9-14)10-16/h11-12H,2-8,10H2,1H3. The van der Waals surface area contributed by atoms with E-state index in [1.54, 1.807) is 0 Å². The van der Waals surface area contributed by atoms with Crippen molar-refractivity contribution in [2.24, 2.45) is 5.92 Å². The summed E-state index contributed by atoms with van der Waals surface area (Å²) in [6.07, 6.45) is 3.78. The molecule has 2 aliphatic heterocycles. The first-order valence-electron chi connectivity index (χ1n) is 6.66. The second-order valence-electron chi connectivity index (χ2n) is 5.08. The second-order valence-corrected chi connectivity index (χ2v) is 5.08. The maximum atomic E-state index is 11.6. The molecule has 0 aromatic heterocycles. The fourth-order valence-corrected chi connectivity index (χ4v) is 2.93. The highest BCUT2D eigenvalue weighted by atomic mass is 16.2. The molecule has 17 heavy (non-hydrogen) atoms. The summed E-state index contributed by atoms with van der Waals surface area (Å²) in [5.74, 6) is 0.505. The van der Waals surface area contributed by atoms with Gasteiger partial charge in [0.05, 0.1) is 12.0 Å². The molecule has 0 N–H and O–H groups in total. The lowest BCUT2D eigenvalue weighted by Crippen LogP contribution is -2.45. The third-order valence-corrected chi connectivity index (χ3v) is 4.04. The van der Waals surface area contributed by atoms with Crippen LogP contribution >= 0.6 is 0 Å². The van der Waals surface area contributed by atoms with Gasteiger partial charge in [-0.3, -0.25) is 9.69 Å². The van der Waals surface area contributed by atoms with E-state index in [0.717, 1.165) is 45.4 Å². The van der Waals surface area contributed by atoms with Gasteiger partial charge in [-0.25, -0.2) is 0 Å². The molecule has 0 saturated carbocycles. The summed E-state index contributed by atoms with van der Waals surface area (Å²) in [6.45, 7) is 5.70. The first kappa shape index (κ1) is 12.4. The van der Waals surface area contributed by atoms with Crippen LogP contribution in [0.3, 0.4) is 0 Å². The van der Waals surface area contributed by atoms with Gasteiger partial charge in [0.1, 0.15) is 0 Å². The molecular formula is C13H21N3O. The Hall–Kier alpha value is -1.08. The van der Waals surface area contributed by atoms with Crippen LogP contribution in [0.5, 0.6) is 0 Å². The first-order chi connectivity index (χ1) is 8.24. The molecule has 0 spiro atoms. The van der Waals surface area contributed by atoms with Crippen molar-refractivity contribution in [3.05, 3.63) is 0 Å². The fourth-order valence-electron chi connectivity index (χ4n) is 2.93.